The Balaban J connectivity index is 1.21. The maximum absolute atomic E-state index is 13.7. The van der Waals surface area contributed by atoms with Crippen LogP contribution in [0.25, 0.3) is 33.6 Å². The minimum atomic E-state index is -0.0520. The van der Waals surface area contributed by atoms with Crippen LogP contribution in [0.5, 0.6) is 11.6 Å². The van der Waals surface area contributed by atoms with Crippen LogP contribution < -0.4 is 15.8 Å². The van der Waals surface area contributed by atoms with E-state index in [4.69, 9.17) is 20.4 Å². The van der Waals surface area contributed by atoms with Gasteiger partial charge in [0.2, 0.25) is 5.88 Å². The van der Waals surface area contributed by atoms with Gasteiger partial charge in [0.05, 0.1) is 18.3 Å². The highest BCUT2D eigenvalue weighted by molar-refractivity contribution is 6.00. The first-order chi connectivity index (χ1) is 20.9. The smallest absolute Gasteiger partial charge is 0.254 e. The Morgan fingerprint density at radius 2 is 1.98 bits per heavy atom. The maximum Gasteiger partial charge on any atom is 0.254 e. The summed E-state index contributed by atoms with van der Waals surface area (Å²) in [6.45, 7) is 1.55. The van der Waals surface area contributed by atoms with Crippen LogP contribution in [0.15, 0.2) is 48.7 Å². The number of aryl methyl sites for hydroxylation is 1. The molecule has 1 aromatic carbocycles. The molecule has 11 nitrogen and oxygen atoms in total. The van der Waals surface area contributed by atoms with Crippen molar-refractivity contribution in [2.24, 2.45) is 24.6 Å². The first-order valence-corrected chi connectivity index (χ1v) is 14.9. The number of nitrogens with two attached hydrogens (primary N) is 1. The van der Waals surface area contributed by atoms with Gasteiger partial charge in [-0.1, -0.05) is 0 Å². The van der Waals surface area contributed by atoms with Crippen LogP contribution in [0.4, 0.5) is 11.5 Å². The minimum Gasteiger partial charge on any atom is -0.494 e. The van der Waals surface area contributed by atoms with Crippen molar-refractivity contribution in [2.75, 3.05) is 19.0 Å². The number of ether oxygens (including phenoxy) is 1. The van der Waals surface area contributed by atoms with Crippen molar-refractivity contribution in [1.82, 2.24) is 29.0 Å². The molecule has 1 aliphatic heterocycles. The Bertz CT molecular complexity index is 1910. The van der Waals surface area contributed by atoms with E-state index in [1.807, 2.05) is 40.8 Å². The predicted molar refractivity (Wildman–Crippen MR) is 163 cm³/mol. The van der Waals surface area contributed by atoms with Gasteiger partial charge in [0.25, 0.3) is 5.91 Å². The number of hydrogen-bond acceptors (Lipinski definition) is 8. The van der Waals surface area contributed by atoms with E-state index in [-0.39, 0.29) is 23.9 Å². The zero-order valence-electron chi connectivity index (χ0n) is 24.2. The Morgan fingerprint density at radius 1 is 1.12 bits per heavy atom. The number of anilines is 2. The molecule has 4 N–H and O–H groups in total. The predicted octanol–water partition coefficient (Wildman–Crippen LogP) is 4.41. The molecule has 3 fully saturated rings. The third-order valence-corrected chi connectivity index (χ3v) is 9.44. The van der Waals surface area contributed by atoms with E-state index in [0.717, 1.165) is 47.5 Å². The summed E-state index contributed by atoms with van der Waals surface area (Å²) in [7, 11) is 3.62. The summed E-state index contributed by atoms with van der Waals surface area (Å²) >= 11 is 0. The quantitative estimate of drug-likeness (QED) is 0.258. The molecule has 220 valence electrons. The number of imidazole rings is 1. The van der Waals surface area contributed by atoms with Gasteiger partial charge < -0.3 is 34.9 Å². The molecule has 8 rings (SSSR count). The topological polar surface area (TPSA) is 136 Å². The number of amides is 1. The molecule has 43 heavy (non-hydrogen) atoms. The number of pyridine rings is 2. The fourth-order valence-corrected chi connectivity index (χ4v) is 7.04. The molecule has 5 heterocycles. The zero-order valence-corrected chi connectivity index (χ0v) is 24.2. The lowest BCUT2D eigenvalue weighted by molar-refractivity contribution is 0.0700. The number of piperidine rings is 1. The van der Waals surface area contributed by atoms with Gasteiger partial charge in [0.15, 0.2) is 5.82 Å². The molecule has 2 bridgehead atoms. The van der Waals surface area contributed by atoms with Crippen LogP contribution in [0.1, 0.15) is 36.0 Å². The average molecular weight is 579 g/mol. The maximum atomic E-state index is 13.7. The number of methoxy groups -OCH3 is 1. The summed E-state index contributed by atoms with van der Waals surface area (Å²) in [5.74, 6) is 2.99. The van der Waals surface area contributed by atoms with Crippen molar-refractivity contribution in [2.45, 2.75) is 44.3 Å². The van der Waals surface area contributed by atoms with Crippen LogP contribution in [0.2, 0.25) is 0 Å². The summed E-state index contributed by atoms with van der Waals surface area (Å²) in [5, 5.41) is 14.1. The van der Waals surface area contributed by atoms with Gasteiger partial charge >= 0.3 is 0 Å². The number of aromatic hydroxyl groups is 1. The number of carbonyl (C=O) groups excluding carboxylic acids is 1. The lowest BCUT2D eigenvalue weighted by Crippen LogP contribution is -2.41. The van der Waals surface area contributed by atoms with Crippen molar-refractivity contribution >= 4 is 39.5 Å². The van der Waals surface area contributed by atoms with Gasteiger partial charge in [0, 0.05) is 61.1 Å². The van der Waals surface area contributed by atoms with Crippen molar-refractivity contribution < 1.29 is 14.6 Å². The number of hydrogen-bond donors (Lipinski definition) is 3. The van der Waals surface area contributed by atoms with Crippen LogP contribution in [0.3, 0.4) is 0 Å². The fraction of sp³-hybridized carbons (Fsp3) is 0.375. The lowest BCUT2D eigenvalue weighted by Gasteiger charge is -2.27. The fourth-order valence-electron chi connectivity index (χ4n) is 7.04. The molecule has 0 radical (unpaired) electrons. The number of nitrogens with one attached hydrogen (secondary N) is 1. The van der Waals surface area contributed by atoms with Gasteiger partial charge in [-0.05, 0) is 73.9 Å². The minimum absolute atomic E-state index is 0.00959. The van der Waals surface area contributed by atoms with E-state index in [1.165, 1.54) is 12.8 Å². The van der Waals surface area contributed by atoms with Crippen LogP contribution in [0, 0.1) is 11.8 Å². The molecule has 0 spiro atoms. The molecule has 3 atom stereocenters. The van der Waals surface area contributed by atoms with E-state index in [1.54, 1.807) is 25.4 Å². The Kier molecular flexibility index (Phi) is 5.87. The molecule has 1 saturated heterocycles. The number of carbonyl (C=O) groups is 1. The standard InChI is InChI=1S/C32H34N8O3/c1-38-29-22(11-20(13-25(29)43-2)32(42)40-16-19-5-7-23(40)28(19)33)36-31(38)24-12-18-6-8-26(35-21-9-10-34-27(41)14-21)37-30(18)39(24)15-17-3-4-17/h6,8-14,17,19,23,28H,3-5,7,15-16,33H2,1-2H3,(H2,34,35,37,41). The van der Waals surface area contributed by atoms with Crippen LogP contribution in [-0.4, -0.2) is 65.7 Å². The number of rotatable bonds is 7. The number of fused-ring (bicyclic) bond motifs is 4. The molecule has 11 heteroatoms. The highest BCUT2D eigenvalue weighted by atomic mass is 16.5. The molecule has 4 aromatic heterocycles. The summed E-state index contributed by atoms with van der Waals surface area (Å²) in [6, 6.07) is 13.4. The largest absolute Gasteiger partial charge is 0.494 e. The number of nitrogens with zero attached hydrogens (tertiary/aromatic N) is 6. The summed E-state index contributed by atoms with van der Waals surface area (Å²) in [4.78, 5) is 29.6. The third kappa shape index (κ3) is 4.29. The summed E-state index contributed by atoms with van der Waals surface area (Å²) in [6.07, 6.45) is 5.99. The normalized spacial score (nSPS) is 21.3. The van der Waals surface area contributed by atoms with E-state index >= 15 is 0 Å². The van der Waals surface area contributed by atoms with Gasteiger partial charge in [-0.3, -0.25) is 4.79 Å². The monoisotopic (exact) mass is 578 g/mol. The van der Waals surface area contributed by atoms with Gasteiger partial charge in [0.1, 0.15) is 22.7 Å². The van der Waals surface area contributed by atoms with Gasteiger partial charge in [-0.2, -0.15) is 0 Å². The molecular formula is C32H34N8O3. The molecule has 3 aliphatic rings. The Morgan fingerprint density at radius 3 is 2.70 bits per heavy atom. The number of benzene rings is 1. The molecule has 2 saturated carbocycles. The van der Waals surface area contributed by atoms with Crippen molar-refractivity contribution in [3.63, 3.8) is 0 Å². The average Bonchev–Trinajstić information content (AvgIpc) is 3.41. The van der Waals surface area contributed by atoms with Crippen LogP contribution in [-0.2, 0) is 13.6 Å². The first-order valence-electron chi connectivity index (χ1n) is 14.9. The zero-order chi connectivity index (χ0) is 29.4. The molecular weight excluding hydrogens is 544 g/mol. The first kappa shape index (κ1) is 26.0. The van der Waals surface area contributed by atoms with Gasteiger partial charge in [-0.25, -0.2) is 15.0 Å². The second-order valence-electron chi connectivity index (χ2n) is 12.2. The van der Waals surface area contributed by atoms with Gasteiger partial charge in [-0.15, -0.1) is 0 Å². The van der Waals surface area contributed by atoms with Crippen molar-refractivity contribution in [3.05, 3.63) is 54.2 Å². The Hall–Kier alpha value is -4.64. The molecule has 1 amide bonds. The third-order valence-electron chi connectivity index (χ3n) is 9.44. The van der Waals surface area contributed by atoms with E-state index in [9.17, 15) is 9.90 Å². The SMILES string of the molecule is COc1cc(C(=O)N2CC3CCC2C3N)cc2nc(-c3cc4ccc(Nc5ccnc(O)c5)nc4n3CC3CC3)n(C)c12. The van der Waals surface area contributed by atoms with E-state index in [0.29, 0.717) is 46.7 Å². The van der Waals surface area contributed by atoms with E-state index < -0.39 is 0 Å². The van der Waals surface area contributed by atoms with Crippen LogP contribution >= 0.6 is 0 Å². The lowest BCUT2D eigenvalue weighted by atomic mass is 10.1. The highest BCUT2D eigenvalue weighted by Gasteiger charge is 2.47. The summed E-state index contributed by atoms with van der Waals surface area (Å²) < 4.78 is 10.1. The second-order valence-corrected chi connectivity index (χ2v) is 12.2. The number of aromatic nitrogens is 5. The highest BCUT2D eigenvalue weighted by Crippen LogP contribution is 2.40. The van der Waals surface area contributed by atoms with Crippen molar-refractivity contribution in [1.29, 1.82) is 0 Å². The van der Waals surface area contributed by atoms with E-state index in [2.05, 4.69) is 20.9 Å². The Labute approximate surface area is 248 Å². The molecule has 5 aromatic rings. The molecule has 3 unspecified atom stereocenters. The van der Waals surface area contributed by atoms with Crippen molar-refractivity contribution in [3.8, 4) is 23.1 Å². The number of likely N-dealkylation sites (tertiary alicyclic amines) is 1. The second kappa shape index (κ2) is 9.70. The summed E-state index contributed by atoms with van der Waals surface area (Å²) in [5.41, 5.74) is 11.1. The molecule has 2 aliphatic carbocycles.